The molecule has 0 saturated carbocycles. The van der Waals surface area contributed by atoms with Crippen LogP contribution in [0.3, 0.4) is 0 Å². The van der Waals surface area contributed by atoms with Crippen LogP contribution in [-0.4, -0.2) is 28.0 Å². The van der Waals surface area contributed by atoms with Gasteiger partial charge in [0.2, 0.25) is 5.91 Å². The van der Waals surface area contributed by atoms with Crippen molar-refractivity contribution in [3.8, 4) is 0 Å². The second-order valence-corrected chi connectivity index (χ2v) is 5.48. The molecule has 112 valence electrons. The summed E-state index contributed by atoms with van der Waals surface area (Å²) in [6, 6.07) is 0.258. The molecule has 0 bridgehead atoms. The summed E-state index contributed by atoms with van der Waals surface area (Å²) in [5.74, 6) is 1.24. The SMILES string of the molecule is CCc1nc2c(n1CCC(=O)NC(C)CC)CCNC2. The number of hydrogen-bond donors (Lipinski definition) is 2. The molecule has 1 unspecified atom stereocenters. The summed E-state index contributed by atoms with van der Waals surface area (Å²) < 4.78 is 2.26. The van der Waals surface area contributed by atoms with Gasteiger partial charge in [0.1, 0.15) is 5.82 Å². The van der Waals surface area contributed by atoms with Gasteiger partial charge >= 0.3 is 0 Å². The molecule has 0 aromatic carbocycles. The van der Waals surface area contributed by atoms with Gasteiger partial charge in [0.15, 0.2) is 0 Å². The van der Waals surface area contributed by atoms with E-state index in [1.54, 1.807) is 0 Å². The first kappa shape index (κ1) is 15.0. The van der Waals surface area contributed by atoms with Crippen molar-refractivity contribution in [3.05, 3.63) is 17.2 Å². The molecule has 2 rings (SSSR count). The molecule has 0 fully saturated rings. The number of amides is 1. The normalized spacial score (nSPS) is 15.8. The average Bonchev–Trinajstić information content (AvgIpc) is 2.82. The van der Waals surface area contributed by atoms with Crippen LogP contribution in [0.15, 0.2) is 0 Å². The van der Waals surface area contributed by atoms with Crippen LogP contribution < -0.4 is 10.6 Å². The molecule has 1 aromatic heterocycles. The Morgan fingerprint density at radius 1 is 1.50 bits per heavy atom. The fourth-order valence-electron chi connectivity index (χ4n) is 2.62. The first-order valence-electron chi connectivity index (χ1n) is 7.72. The molecule has 1 aromatic rings. The smallest absolute Gasteiger partial charge is 0.221 e. The maximum Gasteiger partial charge on any atom is 0.221 e. The maximum atomic E-state index is 11.9. The number of fused-ring (bicyclic) bond motifs is 1. The Morgan fingerprint density at radius 3 is 3.00 bits per heavy atom. The van der Waals surface area contributed by atoms with Gasteiger partial charge in [0.05, 0.1) is 5.69 Å². The average molecular weight is 278 g/mol. The number of nitrogens with zero attached hydrogens (tertiary/aromatic N) is 2. The van der Waals surface area contributed by atoms with Crippen molar-refractivity contribution in [1.29, 1.82) is 0 Å². The lowest BCUT2D eigenvalue weighted by Gasteiger charge is -2.17. The van der Waals surface area contributed by atoms with E-state index in [1.807, 2.05) is 6.92 Å². The third-order valence-corrected chi connectivity index (χ3v) is 3.96. The van der Waals surface area contributed by atoms with Crippen molar-refractivity contribution in [1.82, 2.24) is 20.2 Å². The summed E-state index contributed by atoms with van der Waals surface area (Å²) >= 11 is 0. The summed E-state index contributed by atoms with van der Waals surface area (Å²) in [5, 5.41) is 6.37. The molecule has 1 atom stereocenters. The van der Waals surface area contributed by atoms with E-state index in [0.29, 0.717) is 6.42 Å². The Bertz CT molecular complexity index is 467. The Labute approximate surface area is 121 Å². The summed E-state index contributed by atoms with van der Waals surface area (Å²) in [6.07, 6.45) is 3.43. The molecule has 0 radical (unpaired) electrons. The third kappa shape index (κ3) is 3.39. The number of nitrogens with one attached hydrogen (secondary N) is 2. The van der Waals surface area contributed by atoms with Crippen LogP contribution in [-0.2, 0) is 30.7 Å². The van der Waals surface area contributed by atoms with Gasteiger partial charge in [-0.2, -0.15) is 0 Å². The van der Waals surface area contributed by atoms with E-state index in [9.17, 15) is 4.79 Å². The molecule has 0 aliphatic carbocycles. The predicted octanol–water partition coefficient (Wildman–Crippen LogP) is 1.40. The largest absolute Gasteiger partial charge is 0.354 e. The van der Waals surface area contributed by atoms with Crippen molar-refractivity contribution in [2.45, 2.75) is 65.6 Å². The van der Waals surface area contributed by atoms with Crippen LogP contribution in [0.5, 0.6) is 0 Å². The maximum absolute atomic E-state index is 11.9. The first-order chi connectivity index (χ1) is 9.65. The molecule has 1 aliphatic heterocycles. The zero-order valence-electron chi connectivity index (χ0n) is 12.8. The van der Waals surface area contributed by atoms with Gasteiger partial charge in [-0.1, -0.05) is 13.8 Å². The molecule has 20 heavy (non-hydrogen) atoms. The van der Waals surface area contributed by atoms with Crippen LogP contribution in [0.4, 0.5) is 0 Å². The second-order valence-electron chi connectivity index (χ2n) is 5.48. The highest BCUT2D eigenvalue weighted by Crippen LogP contribution is 2.17. The Morgan fingerprint density at radius 2 is 2.30 bits per heavy atom. The van der Waals surface area contributed by atoms with Gasteiger partial charge in [-0.25, -0.2) is 4.98 Å². The summed E-state index contributed by atoms with van der Waals surface area (Å²) in [5.41, 5.74) is 2.48. The molecule has 2 heterocycles. The fraction of sp³-hybridized carbons (Fsp3) is 0.733. The van der Waals surface area contributed by atoms with Crippen LogP contribution in [0.2, 0.25) is 0 Å². The zero-order valence-corrected chi connectivity index (χ0v) is 12.8. The van der Waals surface area contributed by atoms with Crippen molar-refractivity contribution < 1.29 is 4.79 Å². The lowest BCUT2D eigenvalue weighted by Crippen LogP contribution is -2.33. The minimum absolute atomic E-state index is 0.137. The number of hydrogen-bond acceptors (Lipinski definition) is 3. The van der Waals surface area contributed by atoms with E-state index in [1.165, 1.54) is 5.69 Å². The Balaban J connectivity index is 2.01. The highest BCUT2D eigenvalue weighted by atomic mass is 16.1. The van der Waals surface area contributed by atoms with E-state index in [0.717, 1.165) is 50.4 Å². The van der Waals surface area contributed by atoms with Gasteiger partial charge in [-0.3, -0.25) is 4.79 Å². The number of carbonyl (C=O) groups is 1. The molecule has 5 nitrogen and oxygen atoms in total. The zero-order chi connectivity index (χ0) is 14.5. The van der Waals surface area contributed by atoms with E-state index in [-0.39, 0.29) is 11.9 Å². The predicted molar refractivity (Wildman–Crippen MR) is 79.5 cm³/mol. The standard InChI is InChI=1S/C15H26N4O/c1-4-11(3)17-15(20)7-9-19-13-6-8-16-10-12(13)18-14(19)5-2/h11,16H,4-10H2,1-3H3,(H,17,20). The van der Waals surface area contributed by atoms with Crippen molar-refractivity contribution in [3.63, 3.8) is 0 Å². The molecule has 0 spiro atoms. The number of carbonyl (C=O) groups excluding carboxylic acids is 1. The summed E-state index contributed by atoms with van der Waals surface area (Å²) in [7, 11) is 0. The monoisotopic (exact) mass is 278 g/mol. The molecular weight excluding hydrogens is 252 g/mol. The van der Waals surface area contributed by atoms with Crippen LogP contribution in [0, 0.1) is 0 Å². The van der Waals surface area contributed by atoms with Gasteiger partial charge < -0.3 is 15.2 Å². The van der Waals surface area contributed by atoms with Crippen LogP contribution in [0.1, 0.15) is 50.8 Å². The molecular formula is C15H26N4O. The number of aryl methyl sites for hydroxylation is 1. The van der Waals surface area contributed by atoms with Gasteiger partial charge in [-0.15, -0.1) is 0 Å². The van der Waals surface area contributed by atoms with E-state index in [2.05, 4.69) is 29.0 Å². The topological polar surface area (TPSA) is 59.0 Å². The Hall–Kier alpha value is -1.36. The second kappa shape index (κ2) is 6.88. The fourth-order valence-corrected chi connectivity index (χ4v) is 2.62. The van der Waals surface area contributed by atoms with Crippen molar-refractivity contribution >= 4 is 5.91 Å². The van der Waals surface area contributed by atoms with Crippen molar-refractivity contribution in [2.75, 3.05) is 6.54 Å². The third-order valence-electron chi connectivity index (χ3n) is 3.96. The first-order valence-corrected chi connectivity index (χ1v) is 7.72. The van der Waals surface area contributed by atoms with Gasteiger partial charge in [0, 0.05) is 50.6 Å². The van der Waals surface area contributed by atoms with Crippen molar-refractivity contribution in [2.24, 2.45) is 0 Å². The quantitative estimate of drug-likeness (QED) is 0.827. The van der Waals surface area contributed by atoms with E-state index < -0.39 is 0 Å². The molecule has 5 heteroatoms. The van der Waals surface area contributed by atoms with Crippen LogP contribution in [0.25, 0.3) is 0 Å². The van der Waals surface area contributed by atoms with E-state index >= 15 is 0 Å². The summed E-state index contributed by atoms with van der Waals surface area (Å²) in [4.78, 5) is 16.6. The number of aromatic nitrogens is 2. The van der Waals surface area contributed by atoms with Gasteiger partial charge in [-0.05, 0) is 13.3 Å². The van der Waals surface area contributed by atoms with E-state index in [4.69, 9.17) is 4.98 Å². The number of imidazole rings is 1. The van der Waals surface area contributed by atoms with Crippen LogP contribution >= 0.6 is 0 Å². The summed E-state index contributed by atoms with van der Waals surface area (Å²) in [6.45, 7) is 8.85. The minimum atomic E-state index is 0.137. The lowest BCUT2D eigenvalue weighted by atomic mass is 10.2. The molecule has 0 saturated heterocycles. The molecule has 1 amide bonds. The highest BCUT2D eigenvalue weighted by Gasteiger charge is 2.19. The Kier molecular flexibility index (Phi) is 5.17. The highest BCUT2D eigenvalue weighted by molar-refractivity contribution is 5.76. The number of rotatable bonds is 6. The minimum Gasteiger partial charge on any atom is -0.354 e. The van der Waals surface area contributed by atoms with Gasteiger partial charge in [0.25, 0.3) is 0 Å². The molecule has 1 aliphatic rings. The lowest BCUT2D eigenvalue weighted by molar-refractivity contribution is -0.121. The molecule has 2 N–H and O–H groups in total.